The number of hydrogen-bond acceptors (Lipinski definition) is 2. The van der Waals surface area contributed by atoms with Gasteiger partial charge in [0.05, 0.1) is 16.8 Å². The average Bonchev–Trinajstić information content (AvgIpc) is 2.39. The molecule has 0 radical (unpaired) electrons. The van der Waals surface area contributed by atoms with Crippen molar-refractivity contribution in [3.63, 3.8) is 0 Å². The lowest BCUT2D eigenvalue weighted by Gasteiger charge is -2.07. The van der Waals surface area contributed by atoms with Crippen molar-refractivity contribution >= 4 is 11.6 Å². The first kappa shape index (κ1) is 12.8. The summed E-state index contributed by atoms with van der Waals surface area (Å²) in [6.45, 7) is 1.75. The van der Waals surface area contributed by atoms with E-state index >= 15 is 0 Å². The third kappa shape index (κ3) is 2.78. The van der Waals surface area contributed by atoms with Gasteiger partial charge in [-0.05, 0) is 36.8 Å². The SMILES string of the molecule is Cc1ccc(C(=O)Nc2ccccc2C#N)c(F)c1. The highest BCUT2D eigenvalue weighted by Gasteiger charge is 2.13. The summed E-state index contributed by atoms with van der Waals surface area (Å²) >= 11 is 0. The van der Waals surface area contributed by atoms with Gasteiger partial charge in [0, 0.05) is 0 Å². The molecule has 0 saturated heterocycles. The molecule has 0 aliphatic rings. The van der Waals surface area contributed by atoms with Gasteiger partial charge in [0.15, 0.2) is 0 Å². The molecule has 1 amide bonds. The van der Waals surface area contributed by atoms with E-state index in [0.29, 0.717) is 11.3 Å². The van der Waals surface area contributed by atoms with Crippen LogP contribution in [-0.2, 0) is 0 Å². The molecule has 2 rings (SSSR count). The third-order valence-electron chi connectivity index (χ3n) is 2.66. The maximum absolute atomic E-state index is 13.7. The van der Waals surface area contributed by atoms with Gasteiger partial charge < -0.3 is 5.32 Å². The second kappa shape index (κ2) is 5.32. The van der Waals surface area contributed by atoms with Crippen LogP contribution < -0.4 is 5.32 Å². The molecule has 3 nitrogen and oxygen atoms in total. The van der Waals surface area contributed by atoms with Crippen LogP contribution in [0.5, 0.6) is 0 Å². The Hall–Kier alpha value is -2.67. The Kier molecular flexibility index (Phi) is 3.58. The van der Waals surface area contributed by atoms with Gasteiger partial charge >= 0.3 is 0 Å². The first-order chi connectivity index (χ1) is 9.11. The van der Waals surface area contributed by atoms with Crippen LogP contribution in [0.1, 0.15) is 21.5 Å². The van der Waals surface area contributed by atoms with Crippen LogP contribution in [0.4, 0.5) is 10.1 Å². The van der Waals surface area contributed by atoms with E-state index in [0.717, 1.165) is 5.56 Å². The van der Waals surface area contributed by atoms with E-state index < -0.39 is 11.7 Å². The topological polar surface area (TPSA) is 52.9 Å². The van der Waals surface area contributed by atoms with Crippen molar-refractivity contribution in [1.29, 1.82) is 5.26 Å². The van der Waals surface area contributed by atoms with Gasteiger partial charge in [0.25, 0.3) is 5.91 Å². The fourth-order valence-corrected chi connectivity index (χ4v) is 1.68. The summed E-state index contributed by atoms with van der Waals surface area (Å²) in [6.07, 6.45) is 0. The summed E-state index contributed by atoms with van der Waals surface area (Å²) in [6, 6.07) is 12.9. The van der Waals surface area contributed by atoms with Crippen molar-refractivity contribution < 1.29 is 9.18 Å². The summed E-state index contributed by atoms with van der Waals surface area (Å²) in [5.41, 5.74) is 1.41. The molecule has 0 spiro atoms. The zero-order chi connectivity index (χ0) is 13.8. The molecule has 0 fully saturated rings. The van der Waals surface area contributed by atoms with E-state index in [1.807, 2.05) is 6.07 Å². The fourth-order valence-electron chi connectivity index (χ4n) is 1.68. The minimum absolute atomic E-state index is 0.0432. The Morgan fingerprint density at radius 2 is 2.00 bits per heavy atom. The van der Waals surface area contributed by atoms with Gasteiger partial charge in [0.1, 0.15) is 11.9 Å². The van der Waals surface area contributed by atoms with Gasteiger partial charge in [-0.1, -0.05) is 18.2 Å². The zero-order valence-corrected chi connectivity index (χ0v) is 10.3. The molecule has 0 aliphatic heterocycles. The van der Waals surface area contributed by atoms with Gasteiger partial charge in [-0.15, -0.1) is 0 Å². The van der Waals surface area contributed by atoms with Crippen molar-refractivity contribution in [1.82, 2.24) is 0 Å². The number of anilines is 1. The zero-order valence-electron chi connectivity index (χ0n) is 10.3. The molecular formula is C15H11FN2O. The largest absolute Gasteiger partial charge is 0.321 e. The van der Waals surface area contributed by atoms with E-state index in [9.17, 15) is 9.18 Å². The molecule has 0 bridgehead atoms. The Morgan fingerprint density at radius 3 is 2.68 bits per heavy atom. The van der Waals surface area contributed by atoms with Gasteiger partial charge in [0.2, 0.25) is 0 Å². The Labute approximate surface area is 110 Å². The summed E-state index contributed by atoms with van der Waals surface area (Å²) in [5, 5.41) is 11.5. The molecule has 19 heavy (non-hydrogen) atoms. The normalized spacial score (nSPS) is 9.74. The molecule has 94 valence electrons. The smallest absolute Gasteiger partial charge is 0.258 e. The number of benzene rings is 2. The number of hydrogen-bond donors (Lipinski definition) is 1. The molecule has 4 heteroatoms. The fraction of sp³-hybridized carbons (Fsp3) is 0.0667. The van der Waals surface area contributed by atoms with Crippen molar-refractivity contribution in [2.24, 2.45) is 0 Å². The van der Waals surface area contributed by atoms with E-state index in [1.165, 1.54) is 12.1 Å². The van der Waals surface area contributed by atoms with Crippen LogP contribution in [0, 0.1) is 24.1 Å². The number of para-hydroxylation sites is 1. The Morgan fingerprint density at radius 1 is 1.26 bits per heavy atom. The van der Waals surface area contributed by atoms with Gasteiger partial charge in [-0.3, -0.25) is 4.79 Å². The quantitative estimate of drug-likeness (QED) is 0.894. The van der Waals surface area contributed by atoms with Crippen LogP contribution in [0.25, 0.3) is 0 Å². The van der Waals surface area contributed by atoms with Crippen LogP contribution >= 0.6 is 0 Å². The maximum atomic E-state index is 13.7. The van der Waals surface area contributed by atoms with E-state index in [4.69, 9.17) is 5.26 Å². The van der Waals surface area contributed by atoms with E-state index in [1.54, 1.807) is 37.3 Å². The third-order valence-corrected chi connectivity index (χ3v) is 2.66. The van der Waals surface area contributed by atoms with Crippen molar-refractivity contribution in [2.75, 3.05) is 5.32 Å². The van der Waals surface area contributed by atoms with E-state index in [-0.39, 0.29) is 5.56 Å². The van der Waals surface area contributed by atoms with Crippen LogP contribution in [0.15, 0.2) is 42.5 Å². The first-order valence-electron chi connectivity index (χ1n) is 5.68. The molecule has 0 aromatic heterocycles. The number of nitriles is 1. The highest BCUT2D eigenvalue weighted by atomic mass is 19.1. The average molecular weight is 254 g/mol. The molecule has 0 aliphatic carbocycles. The van der Waals surface area contributed by atoms with Crippen LogP contribution in [0.3, 0.4) is 0 Å². The molecule has 0 saturated carbocycles. The van der Waals surface area contributed by atoms with Crippen molar-refractivity contribution in [2.45, 2.75) is 6.92 Å². The lowest BCUT2D eigenvalue weighted by molar-refractivity contribution is 0.102. The Bertz CT molecular complexity index is 674. The molecule has 0 atom stereocenters. The molecule has 2 aromatic rings. The summed E-state index contributed by atoms with van der Waals surface area (Å²) in [4.78, 5) is 12.0. The summed E-state index contributed by atoms with van der Waals surface area (Å²) in [7, 11) is 0. The second-order valence-electron chi connectivity index (χ2n) is 4.09. The minimum atomic E-state index is -0.577. The van der Waals surface area contributed by atoms with Crippen LogP contribution in [-0.4, -0.2) is 5.91 Å². The number of amides is 1. The lowest BCUT2D eigenvalue weighted by atomic mass is 10.1. The van der Waals surface area contributed by atoms with Crippen molar-refractivity contribution in [3.8, 4) is 6.07 Å². The predicted octanol–water partition coefficient (Wildman–Crippen LogP) is 3.26. The lowest BCUT2D eigenvalue weighted by Crippen LogP contribution is -2.14. The number of nitrogens with one attached hydrogen (secondary N) is 1. The first-order valence-corrected chi connectivity index (χ1v) is 5.68. The standard InChI is InChI=1S/C15H11FN2O/c1-10-6-7-12(13(16)8-10)15(19)18-14-5-3-2-4-11(14)9-17/h2-8H,1H3,(H,18,19). The number of carbonyl (C=O) groups is 1. The second-order valence-corrected chi connectivity index (χ2v) is 4.09. The molecule has 0 unspecified atom stereocenters. The maximum Gasteiger partial charge on any atom is 0.258 e. The monoisotopic (exact) mass is 254 g/mol. The van der Waals surface area contributed by atoms with Crippen molar-refractivity contribution in [3.05, 3.63) is 65.0 Å². The number of carbonyl (C=O) groups excluding carboxylic acids is 1. The van der Waals surface area contributed by atoms with Gasteiger partial charge in [-0.2, -0.15) is 5.26 Å². The Balaban J connectivity index is 2.29. The van der Waals surface area contributed by atoms with E-state index in [2.05, 4.69) is 5.32 Å². The number of rotatable bonds is 2. The molecule has 1 N–H and O–H groups in total. The number of nitrogens with zero attached hydrogens (tertiary/aromatic N) is 1. The highest BCUT2D eigenvalue weighted by Crippen LogP contribution is 2.16. The predicted molar refractivity (Wildman–Crippen MR) is 70.2 cm³/mol. The summed E-state index contributed by atoms with van der Waals surface area (Å²) in [5.74, 6) is -1.15. The summed E-state index contributed by atoms with van der Waals surface area (Å²) < 4.78 is 13.7. The molecule has 2 aromatic carbocycles. The van der Waals surface area contributed by atoms with Gasteiger partial charge in [-0.25, -0.2) is 4.39 Å². The molecular weight excluding hydrogens is 243 g/mol. The highest BCUT2D eigenvalue weighted by molar-refractivity contribution is 6.05. The molecule has 0 heterocycles. The minimum Gasteiger partial charge on any atom is -0.321 e. The number of aryl methyl sites for hydroxylation is 1. The van der Waals surface area contributed by atoms with Crippen LogP contribution in [0.2, 0.25) is 0 Å². The number of halogens is 1.